The van der Waals surface area contributed by atoms with Gasteiger partial charge in [0.25, 0.3) is 0 Å². The van der Waals surface area contributed by atoms with Crippen molar-refractivity contribution in [3.05, 3.63) is 23.8 Å². The minimum absolute atomic E-state index is 0. The Morgan fingerprint density at radius 3 is 2.47 bits per heavy atom. The highest BCUT2D eigenvalue weighted by Gasteiger charge is 2.25. The predicted octanol–water partition coefficient (Wildman–Crippen LogP) is 3.78. The van der Waals surface area contributed by atoms with Crippen molar-refractivity contribution in [2.75, 3.05) is 39.4 Å². The Balaban J connectivity index is 0.00000320. The molecule has 2 aliphatic rings. The number of aliphatic imine (C=N–C) groups is 1. The highest BCUT2D eigenvalue weighted by atomic mass is 127. The number of hydrogen-bond acceptors (Lipinski definition) is 4. The van der Waals surface area contributed by atoms with Crippen molar-refractivity contribution in [1.29, 1.82) is 0 Å². The fraction of sp³-hybridized carbons (Fsp3) is 0.696. The molecule has 0 aromatic heterocycles. The molecule has 0 spiro atoms. The SMILES string of the molecule is CCNC(=NCC(C)(C)c1ccc2c(c1)OCCO2)NC1CCN(C(C)C)CC1.I. The Hall–Kier alpha value is -1.22. The van der Waals surface area contributed by atoms with Crippen LogP contribution in [0.2, 0.25) is 0 Å². The first-order valence-electron chi connectivity index (χ1n) is 11.1. The molecule has 2 heterocycles. The van der Waals surface area contributed by atoms with Crippen LogP contribution in [0.4, 0.5) is 0 Å². The molecular weight excluding hydrogens is 491 g/mol. The molecule has 0 aliphatic carbocycles. The zero-order valence-corrected chi connectivity index (χ0v) is 21.5. The minimum Gasteiger partial charge on any atom is -0.486 e. The van der Waals surface area contributed by atoms with E-state index in [0.717, 1.165) is 49.9 Å². The van der Waals surface area contributed by atoms with Gasteiger partial charge in [0, 0.05) is 37.1 Å². The van der Waals surface area contributed by atoms with Gasteiger partial charge in [-0.1, -0.05) is 19.9 Å². The van der Waals surface area contributed by atoms with Gasteiger partial charge < -0.3 is 25.0 Å². The third-order valence-corrected chi connectivity index (χ3v) is 5.90. The average Bonchev–Trinajstić information content (AvgIpc) is 2.72. The van der Waals surface area contributed by atoms with Gasteiger partial charge in [-0.05, 0) is 51.3 Å². The van der Waals surface area contributed by atoms with Gasteiger partial charge in [-0.15, -0.1) is 24.0 Å². The maximum absolute atomic E-state index is 5.76. The fourth-order valence-electron chi connectivity index (χ4n) is 3.91. The summed E-state index contributed by atoms with van der Waals surface area (Å²) in [6.45, 7) is 16.2. The summed E-state index contributed by atoms with van der Waals surface area (Å²) in [5, 5.41) is 7.08. The molecule has 0 amide bonds. The summed E-state index contributed by atoms with van der Waals surface area (Å²) in [6, 6.07) is 7.36. The molecule has 2 N–H and O–H groups in total. The number of nitrogens with zero attached hydrogens (tertiary/aromatic N) is 2. The second-order valence-electron chi connectivity index (χ2n) is 8.99. The topological polar surface area (TPSA) is 58.1 Å². The van der Waals surface area contributed by atoms with Crippen molar-refractivity contribution in [3.63, 3.8) is 0 Å². The van der Waals surface area contributed by atoms with Gasteiger partial charge in [0.05, 0.1) is 6.54 Å². The number of benzene rings is 1. The number of likely N-dealkylation sites (tertiary alicyclic amines) is 1. The summed E-state index contributed by atoms with van der Waals surface area (Å²) in [6.07, 6.45) is 2.32. The summed E-state index contributed by atoms with van der Waals surface area (Å²) < 4.78 is 11.4. The van der Waals surface area contributed by atoms with E-state index in [9.17, 15) is 0 Å². The maximum Gasteiger partial charge on any atom is 0.191 e. The van der Waals surface area contributed by atoms with Crippen LogP contribution in [0.1, 0.15) is 53.0 Å². The molecule has 1 aromatic rings. The quantitative estimate of drug-likeness (QED) is 0.333. The van der Waals surface area contributed by atoms with Crippen LogP contribution < -0.4 is 20.1 Å². The van der Waals surface area contributed by atoms with E-state index in [-0.39, 0.29) is 29.4 Å². The third kappa shape index (κ3) is 6.64. The molecule has 0 radical (unpaired) electrons. The van der Waals surface area contributed by atoms with E-state index in [1.807, 2.05) is 6.07 Å². The van der Waals surface area contributed by atoms with Crippen LogP contribution in [-0.4, -0.2) is 62.3 Å². The number of halogens is 1. The molecule has 0 unspecified atom stereocenters. The highest BCUT2D eigenvalue weighted by Crippen LogP contribution is 2.35. The van der Waals surface area contributed by atoms with Crippen molar-refractivity contribution in [2.24, 2.45) is 4.99 Å². The van der Waals surface area contributed by atoms with Crippen LogP contribution in [0.25, 0.3) is 0 Å². The van der Waals surface area contributed by atoms with E-state index < -0.39 is 0 Å². The van der Waals surface area contributed by atoms with E-state index in [2.05, 4.69) is 62.3 Å². The zero-order valence-electron chi connectivity index (χ0n) is 19.2. The summed E-state index contributed by atoms with van der Waals surface area (Å²) in [5.74, 6) is 2.59. The largest absolute Gasteiger partial charge is 0.486 e. The molecule has 7 heteroatoms. The molecule has 30 heavy (non-hydrogen) atoms. The van der Waals surface area contributed by atoms with Gasteiger partial charge in [0.1, 0.15) is 13.2 Å². The van der Waals surface area contributed by atoms with Crippen LogP contribution in [0.5, 0.6) is 11.5 Å². The average molecular weight is 530 g/mol. The van der Waals surface area contributed by atoms with E-state index in [4.69, 9.17) is 14.5 Å². The molecule has 2 aliphatic heterocycles. The standard InChI is InChI=1S/C23H38N4O2.HI/c1-6-24-22(26-19-9-11-27(12-10-19)17(2)3)25-16-23(4,5)18-7-8-20-21(15-18)29-14-13-28-20;/h7-8,15,17,19H,6,9-14,16H2,1-5H3,(H2,24,25,26);1H. The normalized spacial score (nSPS) is 18.1. The first-order valence-corrected chi connectivity index (χ1v) is 11.1. The Bertz CT molecular complexity index is 700. The number of nitrogens with one attached hydrogen (secondary N) is 2. The van der Waals surface area contributed by atoms with Crippen molar-refractivity contribution >= 4 is 29.9 Å². The Labute approximate surface area is 199 Å². The lowest BCUT2D eigenvalue weighted by Gasteiger charge is -2.35. The van der Waals surface area contributed by atoms with Gasteiger partial charge in [-0.25, -0.2) is 0 Å². The Morgan fingerprint density at radius 2 is 1.83 bits per heavy atom. The molecule has 1 aromatic carbocycles. The summed E-state index contributed by atoms with van der Waals surface area (Å²) in [4.78, 5) is 7.48. The van der Waals surface area contributed by atoms with Crippen LogP contribution >= 0.6 is 24.0 Å². The van der Waals surface area contributed by atoms with E-state index in [1.54, 1.807) is 0 Å². The van der Waals surface area contributed by atoms with Crippen molar-refractivity contribution in [2.45, 2.75) is 65.0 Å². The lowest BCUT2D eigenvalue weighted by Crippen LogP contribution is -2.50. The van der Waals surface area contributed by atoms with Crippen molar-refractivity contribution < 1.29 is 9.47 Å². The lowest BCUT2D eigenvalue weighted by atomic mass is 9.84. The first-order chi connectivity index (χ1) is 13.9. The second-order valence-corrected chi connectivity index (χ2v) is 8.99. The second kappa shape index (κ2) is 11.4. The smallest absolute Gasteiger partial charge is 0.191 e. The minimum atomic E-state index is -0.0980. The Morgan fingerprint density at radius 1 is 1.17 bits per heavy atom. The fourth-order valence-corrected chi connectivity index (χ4v) is 3.91. The number of ether oxygens (including phenoxy) is 2. The van der Waals surface area contributed by atoms with Crippen LogP contribution in [-0.2, 0) is 5.41 Å². The highest BCUT2D eigenvalue weighted by molar-refractivity contribution is 14.0. The molecule has 0 bridgehead atoms. The molecule has 1 saturated heterocycles. The number of fused-ring (bicyclic) bond motifs is 1. The van der Waals surface area contributed by atoms with E-state index in [0.29, 0.717) is 31.8 Å². The molecule has 0 saturated carbocycles. The van der Waals surface area contributed by atoms with Gasteiger partial charge in [0.2, 0.25) is 0 Å². The van der Waals surface area contributed by atoms with Gasteiger partial charge in [0.15, 0.2) is 17.5 Å². The maximum atomic E-state index is 5.76. The van der Waals surface area contributed by atoms with Crippen molar-refractivity contribution in [1.82, 2.24) is 15.5 Å². The zero-order chi connectivity index (χ0) is 20.9. The monoisotopic (exact) mass is 530 g/mol. The summed E-state index contributed by atoms with van der Waals surface area (Å²) in [5.41, 5.74) is 1.12. The number of rotatable bonds is 6. The lowest BCUT2D eigenvalue weighted by molar-refractivity contribution is 0.167. The van der Waals surface area contributed by atoms with Gasteiger partial charge in [-0.2, -0.15) is 0 Å². The molecule has 1 fully saturated rings. The number of guanidine groups is 1. The van der Waals surface area contributed by atoms with E-state index in [1.165, 1.54) is 5.56 Å². The molecule has 6 nitrogen and oxygen atoms in total. The van der Waals surface area contributed by atoms with E-state index >= 15 is 0 Å². The first kappa shape index (κ1) is 25.0. The molecule has 3 rings (SSSR count). The molecule has 170 valence electrons. The number of hydrogen-bond donors (Lipinski definition) is 2. The van der Waals surface area contributed by atoms with Crippen LogP contribution in [0, 0.1) is 0 Å². The Kier molecular flexibility index (Phi) is 9.53. The third-order valence-electron chi connectivity index (χ3n) is 5.90. The van der Waals surface area contributed by atoms with Crippen molar-refractivity contribution in [3.8, 4) is 11.5 Å². The van der Waals surface area contributed by atoms with Gasteiger partial charge in [-0.3, -0.25) is 4.99 Å². The van der Waals surface area contributed by atoms with Crippen LogP contribution in [0.15, 0.2) is 23.2 Å². The van der Waals surface area contributed by atoms with Crippen LogP contribution in [0.3, 0.4) is 0 Å². The summed E-state index contributed by atoms with van der Waals surface area (Å²) >= 11 is 0. The molecule has 0 atom stereocenters. The van der Waals surface area contributed by atoms with Gasteiger partial charge >= 0.3 is 0 Å². The summed E-state index contributed by atoms with van der Waals surface area (Å²) in [7, 11) is 0. The predicted molar refractivity (Wildman–Crippen MR) is 135 cm³/mol. The number of piperidine rings is 1. The molecular formula is C23H39IN4O2.